The molecule has 2 aromatic carbocycles. The maximum Gasteiger partial charge on any atom is 0.261 e. The van der Waals surface area contributed by atoms with Crippen LogP contribution in [0.2, 0.25) is 0 Å². The van der Waals surface area contributed by atoms with Gasteiger partial charge in [-0.25, -0.2) is 0 Å². The summed E-state index contributed by atoms with van der Waals surface area (Å²) in [6.07, 6.45) is 0. The van der Waals surface area contributed by atoms with Gasteiger partial charge in [-0.2, -0.15) is 0 Å². The molecule has 0 atom stereocenters. The van der Waals surface area contributed by atoms with Crippen LogP contribution in [0.5, 0.6) is 0 Å². The first-order chi connectivity index (χ1) is 9.06. The van der Waals surface area contributed by atoms with Gasteiger partial charge in [0, 0.05) is 32.9 Å². The number of aryl methyl sites for hydroxylation is 1. The van der Waals surface area contributed by atoms with E-state index >= 15 is 0 Å². The molecule has 3 rings (SSSR count). The molecule has 4 heteroatoms. The van der Waals surface area contributed by atoms with Crippen molar-refractivity contribution >= 4 is 38.5 Å². The lowest BCUT2D eigenvalue weighted by Gasteiger charge is -2.26. The Hall–Kier alpha value is -1.68. The van der Waals surface area contributed by atoms with Gasteiger partial charge in [0.15, 0.2) is 0 Å². The fourth-order valence-electron chi connectivity index (χ4n) is 2.64. The molecule has 2 aromatic rings. The molecule has 96 valence electrons. The minimum atomic E-state index is -0.205. The summed E-state index contributed by atoms with van der Waals surface area (Å²) < 4.78 is 0.913. The molecule has 2 amide bonds. The van der Waals surface area contributed by atoms with Crippen molar-refractivity contribution in [2.45, 2.75) is 13.8 Å². The maximum absolute atomic E-state index is 12.4. The summed E-state index contributed by atoms with van der Waals surface area (Å²) in [4.78, 5) is 26.0. The Labute approximate surface area is 119 Å². The molecule has 1 aliphatic heterocycles. The minimum Gasteiger partial charge on any atom is -0.275 e. The maximum atomic E-state index is 12.4. The average Bonchev–Trinajstić information content (AvgIpc) is 2.38. The molecule has 0 unspecified atom stereocenters. The first-order valence-corrected chi connectivity index (χ1v) is 6.93. The fraction of sp³-hybridized carbons (Fsp3) is 0.200. The Morgan fingerprint density at radius 2 is 1.58 bits per heavy atom. The Balaban J connectivity index is 2.50. The van der Waals surface area contributed by atoms with E-state index in [0.29, 0.717) is 17.7 Å². The summed E-state index contributed by atoms with van der Waals surface area (Å²) in [5.74, 6) is -0.411. The summed E-state index contributed by atoms with van der Waals surface area (Å²) in [6.45, 7) is 4.18. The van der Waals surface area contributed by atoms with E-state index in [1.807, 2.05) is 32.0 Å². The average molecular weight is 318 g/mol. The number of carbonyl (C=O) groups is 2. The fourth-order valence-corrected chi connectivity index (χ4v) is 3.29. The lowest BCUT2D eigenvalue weighted by atomic mass is 9.92. The van der Waals surface area contributed by atoms with E-state index in [9.17, 15) is 9.59 Å². The molecule has 0 saturated heterocycles. The highest BCUT2D eigenvalue weighted by atomic mass is 79.9. The van der Waals surface area contributed by atoms with E-state index in [1.165, 1.54) is 4.90 Å². The van der Waals surface area contributed by atoms with Crippen LogP contribution in [0.15, 0.2) is 28.7 Å². The van der Waals surface area contributed by atoms with Gasteiger partial charge in [0.1, 0.15) is 0 Å². The third-order valence-corrected chi connectivity index (χ3v) is 4.25. The predicted octanol–water partition coefficient (Wildman–Crippen LogP) is 3.53. The van der Waals surface area contributed by atoms with E-state index in [4.69, 9.17) is 0 Å². The lowest BCUT2D eigenvalue weighted by Crippen LogP contribution is -2.40. The van der Waals surface area contributed by atoms with Crippen LogP contribution in [0.25, 0.3) is 10.8 Å². The molecule has 0 aliphatic carbocycles. The number of nitrogens with zero attached hydrogens (tertiary/aromatic N) is 1. The molecular formula is C15H12BrNO2. The molecule has 0 spiro atoms. The van der Waals surface area contributed by atoms with Crippen LogP contribution in [-0.4, -0.2) is 23.3 Å². The van der Waals surface area contributed by atoms with Crippen LogP contribution in [0, 0.1) is 6.92 Å². The van der Waals surface area contributed by atoms with Gasteiger partial charge in [0.05, 0.1) is 0 Å². The van der Waals surface area contributed by atoms with Crippen molar-refractivity contribution in [2.24, 2.45) is 0 Å². The number of imide groups is 1. The van der Waals surface area contributed by atoms with Crippen LogP contribution in [0.4, 0.5) is 0 Å². The third kappa shape index (κ3) is 1.56. The zero-order chi connectivity index (χ0) is 13.7. The summed E-state index contributed by atoms with van der Waals surface area (Å²) in [6, 6.07) is 7.39. The van der Waals surface area contributed by atoms with Crippen molar-refractivity contribution in [3.8, 4) is 0 Å². The second-order valence-electron chi connectivity index (χ2n) is 4.63. The lowest BCUT2D eigenvalue weighted by molar-refractivity contribution is 0.0619. The van der Waals surface area contributed by atoms with Gasteiger partial charge in [-0.1, -0.05) is 22.0 Å². The Morgan fingerprint density at radius 1 is 1.00 bits per heavy atom. The molecule has 19 heavy (non-hydrogen) atoms. The standard InChI is InChI=1S/C15H12BrNO2/c1-3-17-14(18)9-5-4-8(2)12-11(16)7-6-10(13(9)12)15(17)19/h4-7H,3H2,1-2H3. The number of amides is 2. The van der Waals surface area contributed by atoms with Gasteiger partial charge in [-0.15, -0.1) is 0 Å². The normalized spacial score (nSPS) is 14.4. The van der Waals surface area contributed by atoms with Gasteiger partial charge >= 0.3 is 0 Å². The van der Waals surface area contributed by atoms with Crippen molar-refractivity contribution in [3.05, 3.63) is 45.4 Å². The molecule has 0 fully saturated rings. The van der Waals surface area contributed by atoms with E-state index in [-0.39, 0.29) is 11.8 Å². The van der Waals surface area contributed by atoms with E-state index in [2.05, 4.69) is 15.9 Å². The molecule has 0 N–H and O–H groups in total. The summed E-state index contributed by atoms with van der Waals surface area (Å²) in [5, 5.41) is 1.72. The zero-order valence-electron chi connectivity index (χ0n) is 10.7. The Morgan fingerprint density at radius 3 is 2.16 bits per heavy atom. The second-order valence-corrected chi connectivity index (χ2v) is 5.48. The largest absolute Gasteiger partial charge is 0.275 e. The van der Waals surface area contributed by atoms with Gasteiger partial charge in [0.25, 0.3) is 11.8 Å². The van der Waals surface area contributed by atoms with Crippen LogP contribution in [0.3, 0.4) is 0 Å². The number of halogens is 1. The summed E-state index contributed by atoms with van der Waals surface area (Å²) in [5.41, 5.74) is 2.27. The van der Waals surface area contributed by atoms with Crippen LogP contribution < -0.4 is 0 Å². The molecule has 1 aliphatic rings. The Bertz CT molecular complexity index is 680. The first kappa shape index (κ1) is 12.4. The quantitative estimate of drug-likeness (QED) is 0.754. The topological polar surface area (TPSA) is 37.4 Å². The van der Waals surface area contributed by atoms with Gasteiger partial charge in [-0.05, 0) is 37.6 Å². The van der Waals surface area contributed by atoms with Crippen LogP contribution >= 0.6 is 15.9 Å². The predicted molar refractivity (Wildman–Crippen MR) is 77.4 cm³/mol. The van der Waals surface area contributed by atoms with Crippen molar-refractivity contribution < 1.29 is 9.59 Å². The number of carbonyl (C=O) groups excluding carboxylic acids is 2. The third-order valence-electron chi connectivity index (χ3n) is 3.59. The SMILES string of the molecule is CCN1C(=O)c2ccc(C)c3c(Br)ccc(c23)C1=O. The molecule has 3 nitrogen and oxygen atoms in total. The van der Waals surface area contributed by atoms with Gasteiger partial charge in [0.2, 0.25) is 0 Å². The molecule has 0 aromatic heterocycles. The van der Waals surface area contributed by atoms with E-state index in [1.54, 1.807) is 6.07 Å². The molecule has 0 bridgehead atoms. The van der Waals surface area contributed by atoms with Crippen LogP contribution in [-0.2, 0) is 0 Å². The van der Waals surface area contributed by atoms with Crippen LogP contribution in [0.1, 0.15) is 33.2 Å². The van der Waals surface area contributed by atoms with Crippen molar-refractivity contribution in [2.75, 3.05) is 6.54 Å². The smallest absolute Gasteiger partial charge is 0.261 e. The van der Waals surface area contributed by atoms with E-state index in [0.717, 1.165) is 20.8 Å². The number of hydrogen-bond donors (Lipinski definition) is 0. The number of rotatable bonds is 1. The minimum absolute atomic E-state index is 0.205. The van der Waals surface area contributed by atoms with Crippen molar-refractivity contribution in [3.63, 3.8) is 0 Å². The molecule has 0 saturated carbocycles. The molecular weight excluding hydrogens is 306 g/mol. The monoisotopic (exact) mass is 317 g/mol. The number of benzene rings is 2. The zero-order valence-corrected chi connectivity index (χ0v) is 12.2. The Kier molecular flexibility index (Phi) is 2.71. The van der Waals surface area contributed by atoms with Gasteiger partial charge < -0.3 is 0 Å². The molecule has 1 heterocycles. The highest BCUT2D eigenvalue weighted by Crippen LogP contribution is 2.36. The number of hydrogen-bond acceptors (Lipinski definition) is 2. The van der Waals surface area contributed by atoms with E-state index < -0.39 is 0 Å². The first-order valence-electron chi connectivity index (χ1n) is 6.14. The molecule has 0 radical (unpaired) electrons. The summed E-state index contributed by atoms with van der Waals surface area (Å²) >= 11 is 3.51. The van der Waals surface area contributed by atoms with Gasteiger partial charge in [-0.3, -0.25) is 14.5 Å². The van der Waals surface area contributed by atoms with Crippen molar-refractivity contribution in [1.29, 1.82) is 0 Å². The highest BCUT2D eigenvalue weighted by Gasteiger charge is 2.32. The second kappa shape index (κ2) is 4.17. The summed E-state index contributed by atoms with van der Waals surface area (Å²) in [7, 11) is 0. The van der Waals surface area contributed by atoms with Crippen molar-refractivity contribution in [1.82, 2.24) is 4.90 Å². The highest BCUT2D eigenvalue weighted by molar-refractivity contribution is 9.10.